The Bertz CT molecular complexity index is 419. The van der Waals surface area contributed by atoms with E-state index >= 15 is 0 Å². The van der Waals surface area contributed by atoms with Gasteiger partial charge in [0.25, 0.3) is 0 Å². The molecule has 1 heterocycles. The van der Waals surface area contributed by atoms with Gasteiger partial charge in [-0.25, -0.2) is 4.39 Å². The molecule has 1 aliphatic heterocycles. The number of nitrogens with zero attached hydrogens (tertiary/aromatic N) is 1. The van der Waals surface area contributed by atoms with Gasteiger partial charge in [-0.3, -0.25) is 0 Å². The minimum Gasteiger partial charge on any atom is -0.376 e. The molecule has 1 aromatic rings. The van der Waals surface area contributed by atoms with Crippen LogP contribution in [0.5, 0.6) is 0 Å². The normalized spacial score (nSPS) is 19.1. The molecule has 1 fully saturated rings. The summed E-state index contributed by atoms with van der Waals surface area (Å²) in [6.45, 7) is 5.21. The van der Waals surface area contributed by atoms with E-state index in [0.717, 1.165) is 38.1 Å². The number of halogens is 1. The van der Waals surface area contributed by atoms with E-state index in [1.807, 2.05) is 18.0 Å². The van der Waals surface area contributed by atoms with E-state index in [2.05, 4.69) is 12.2 Å². The summed E-state index contributed by atoms with van der Waals surface area (Å²) in [5.74, 6) is -0.154. The summed E-state index contributed by atoms with van der Waals surface area (Å²) in [4.78, 5) is 2.00. The fourth-order valence-corrected chi connectivity index (χ4v) is 2.74. The van der Waals surface area contributed by atoms with E-state index in [1.165, 1.54) is 12.5 Å². The van der Waals surface area contributed by atoms with Crippen molar-refractivity contribution < 1.29 is 9.13 Å². The molecular formula is C16H25FN2O. The van der Waals surface area contributed by atoms with Crippen LogP contribution in [-0.4, -0.2) is 32.8 Å². The van der Waals surface area contributed by atoms with E-state index in [-0.39, 0.29) is 11.9 Å². The zero-order chi connectivity index (χ0) is 14.4. The van der Waals surface area contributed by atoms with Gasteiger partial charge in [0, 0.05) is 26.7 Å². The van der Waals surface area contributed by atoms with Crippen molar-refractivity contribution in [2.75, 3.05) is 31.6 Å². The Kier molecular flexibility index (Phi) is 5.80. The zero-order valence-corrected chi connectivity index (χ0v) is 12.5. The van der Waals surface area contributed by atoms with Crippen LogP contribution in [0.15, 0.2) is 18.2 Å². The van der Waals surface area contributed by atoms with Crippen molar-refractivity contribution >= 4 is 5.69 Å². The third-order valence-corrected chi connectivity index (χ3v) is 3.77. The molecule has 20 heavy (non-hydrogen) atoms. The van der Waals surface area contributed by atoms with Crippen molar-refractivity contribution in [1.82, 2.24) is 5.32 Å². The number of likely N-dealkylation sites (N-methyl/N-ethyl adjacent to an activating group) is 1. The molecule has 112 valence electrons. The maximum Gasteiger partial charge on any atom is 0.146 e. The van der Waals surface area contributed by atoms with Crippen molar-refractivity contribution in [1.29, 1.82) is 0 Å². The molecule has 2 rings (SSSR count). The highest BCUT2D eigenvalue weighted by Crippen LogP contribution is 2.25. The van der Waals surface area contributed by atoms with Gasteiger partial charge in [-0.05, 0) is 37.4 Å². The SMILES string of the molecule is CCNCc1cccc(F)c1N(C)CC1CCCCO1. The van der Waals surface area contributed by atoms with Crippen LogP contribution >= 0.6 is 0 Å². The zero-order valence-electron chi connectivity index (χ0n) is 12.5. The smallest absolute Gasteiger partial charge is 0.146 e. The molecule has 1 atom stereocenters. The monoisotopic (exact) mass is 280 g/mol. The molecule has 1 N–H and O–H groups in total. The Balaban J connectivity index is 2.08. The molecule has 0 spiro atoms. The van der Waals surface area contributed by atoms with Gasteiger partial charge in [-0.1, -0.05) is 19.1 Å². The molecule has 0 aliphatic carbocycles. The second-order valence-corrected chi connectivity index (χ2v) is 5.40. The summed E-state index contributed by atoms with van der Waals surface area (Å²) in [6, 6.07) is 5.29. The topological polar surface area (TPSA) is 24.5 Å². The van der Waals surface area contributed by atoms with Gasteiger partial charge in [-0.2, -0.15) is 0 Å². The Morgan fingerprint density at radius 3 is 2.95 bits per heavy atom. The van der Waals surface area contributed by atoms with Crippen LogP contribution < -0.4 is 10.2 Å². The second kappa shape index (κ2) is 7.60. The largest absolute Gasteiger partial charge is 0.376 e. The van der Waals surface area contributed by atoms with Gasteiger partial charge in [0.1, 0.15) is 5.82 Å². The molecule has 0 aromatic heterocycles. The third-order valence-electron chi connectivity index (χ3n) is 3.77. The van der Waals surface area contributed by atoms with Crippen LogP contribution in [0.25, 0.3) is 0 Å². The number of ether oxygens (including phenoxy) is 1. The molecule has 3 nitrogen and oxygen atoms in total. The highest BCUT2D eigenvalue weighted by molar-refractivity contribution is 5.54. The van der Waals surface area contributed by atoms with Gasteiger partial charge in [0.15, 0.2) is 0 Å². The quantitative estimate of drug-likeness (QED) is 0.867. The van der Waals surface area contributed by atoms with Crippen LogP contribution in [-0.2, 0) is 11.3 Å². The fourth-order valence-electron chi connectivity index (χ4n) is 2.74. The van der Waals surface area contributed by atoms with Crippen molar-refractivity contribution in [3.8, 4) is 0 Å². The molecule has 0 bridgehead atoms. The third kappa shape index (κ3) is 3.93. The molecule has 0 amide bonds. The van der Waals surface area contributed by atoms with Gasteiger partial charge in [0.2, 0.25) is 0 Å². The summed E-state index contributed by atoms with van der Waals surface area (Å²) < 4.78 is 19.9. The molecule has 1 unspecified atom stereocenters. The number of para-hydroxylation sites is 1. The number of rotatable bonds is 6. The van der Waals surface area contributed by atoms with E-state index < -0.39 is 0 Å². The van der Waals surface area contributed by atoms with Crippen LogP contribution in [0, 0.1) is 5.82 Å². The van der Waals surface area contributed by atoms with Crippen molar-refractivity contribution in [2.45, 2.75) is 38.8 Å². The fraction of sp³-hybridized carbons (Fsp3) is 0.625. The van der Waals surface area contributed by atoms with E-state index in [0.29, 0.717) is 12.2 Å². The number of benzene rings is 1. The Morgan fingerprint density at radius 1 is 1.40 bits per heavy atom. The van der Waals surface area contributed by atoms with Crippen LogP contribution in [0.3, 0.4) is 0 Å². The number of hydrogen-bond acceptors (Lipinski definition) is 3. The Labute approximate surface area is 121 Å². The second-order valence-electron chi connectivity index (χ2n) is 5.40. The van der Waals surface area contributed by atoms with Gasteiger partial charge < -0.3 is 15.0 Å². The average molecular weight is 280 g/mol. The predicted octanol–water partition coefficient (Wildman–Crippen LogP) is 2.94. The summed E-state index contributed by atoms with van der Waals surface area (Å²) in [6.07, 6.45) is 3.65. The summed E-state index contributed by atoms with van der Waals surface area (Å²) in [7, 11) is 1.95. The lowest BCUT2D eigenvalue weighted by atomic mass is 10.1. The molecule has 0 saturated carbocycles. The lowest BCUT2D eigenvalue weighted by Crippen LogP contribution is -2.34. The van der Waals surface area contributed by atoms with E-state index in [9.17, 15) is 4.39 Å². The van der Waals surface area contributed by atoms with Gasteiger partial charge in [0.05, 0.1) is 11.8 Å². The first kappa shape index (κ1) is 15.3. The molecule has 4 heteroatoms. The lowest BCUT2D eigenvalue weighted by molar-refractivity contribution is 0.0215. The van der Waals surface area contributed by atoms with Crippen molar-refractivity contribution in [2.24, 2.45) is 0 Å². The molecular weight excluding hydrogens is 255 g/mol. The first-order chi connectivity index (χ1) is 9.72. The molecule has 0 radical (unpaired) electrons. The molecule has 1 saturated heterocycles. The standard InChI is InChI=1S/C16H25FN2O/c1-3-18-11-13-7-6-9-15(17)16(13)19(2)12-14-8-4-5-10-20-14/h6-7,9,14,18H,3-5,8,10-12H2,1-2H3. The molecule has 1 aromatic carbocycles. The van der Waals surface area contributed by atoms with E-state index in [4.69, 9.17) is 4.74 Å². The van der Waals surface area contributed by atoms with Crippen molar-refractivity contribution in [3.05, 3.63) is 29.6 Å². The Morgan fingerprint density at radius 2 is 2.25 bits per heavy atom. The maximum atomic E-state index is 14.2. The van der Waals surface area contributed by atoms with Crippen LogP contribution in [0.4, 0.5) is 10.1 Å². The highest BCUT2D eigenvalue weighted by atomic mass is 19.1. The summed E-state index contributed by atoms with van der Waals surface area (Å²) >= 11 is 0. The summed E-state index contributed by atoms with van der Waals surface area (Å²) in [5.41, 5.74) is 1.70. The first-order valence-electron chi connectivity index (χ1n) is 7.53. The van der Waals surface area contributed by atoms with Crippen LogP contribution in [0.2, 0.25) is 0 Å². The minimum absolute atomic E-state index is 0.154. The Hall–Kier alpha value is -1.13. The van der Waals surface area contributed by atoms with Crippen LogP contribution in [0.1, 0.15) is 31.7 Å². The predicted molar refractivity (Wildman–Crippen MR) is 80.6 cm³/mol. The number of hydrogen-bond donors (Lipinski definition) is 1. The number of anilines is 1. The highest BCUT2D eigenvalue weighted by Gasteiger charge is 2.19. The molecule has 1 aliphatic rings. The minimum atomic E-state index is -0.154. The lowest BCUT2D eigenvalue weighted by Gasteiger charge is -2.30. The van der Waals surface area contributed by atoms with Gasteiger partial charge in [-0.15, -0.1) is 0 Å². The summed E-state index contributed by atoms with van der Waals surface area (Å²) in [5, 5.41) is 3.27. The van der Waals surface area contributed by atoms with Crippen molar-refractivity contribution in [3.63, 3.8) is 0 Å². The first-order valence-corrected chi connectivity index (χ1v) is 7.53. The maximum absolute atomic E-state index is 14.2. The van der Waals surface area contributed by atoms with E-state index in [1.54, 1.807) is 6.07 Å². The average Bonchev–Trinajstić information content (AvgIpc) is 2.46. The number of nitrogens with one attached hydrogen (secondary N) is 1. The van der Waals surface area contributed by atoms with Gasteiger partial charge >= 0.3 is 0 Å².